The van der Waals surface area contributed by atoms with Gasteiger partial charge in [-0.15, -0.1) is 0 Å². The Bertz CT molecular complexity index is 861. The minimum absolute atomic E-state index is 0.219. The van der Waals surface area contributed by atoms with Crippen LogP contribution in [-0.2, 0) is 0 Å². The van der Waals surface area contributed by atoms with Gasteiger partial charge in [0, 0.05) is 11.3 Å². The van der Waals surface area contributed by atoms with Crippen molar-refractivity contribution in [1.82, 2.24) is 0 Å². The number of hydrogen-bond donors (Lipinski definition) is 2. The summed E-state index contributed by atoms with van der Waals surface area (Å²) in [5, 5.41) is 2.90. The van der Waals surface area contributed by atoms with Crippen LogP contribution in [0, 0.1) is 6.92 Å². The van der Waals surface area contributed by atoms with Gasteiger partial charge in [0.25, 0.3) is 5.91 Å². The van der Waals surface area contributed by atoms with Crippen LogP contribution in [0.1, 0.15) is 15.9 Å². The monoisotopic (exact) mass is 318 g/mol. The predicted molar refractivity (Wildman–Crippen MR) is 96.5 cm³/mol. The molecule has 0 unspecified atom stereocenters. The van der Waals surface area contributed by atoms with E-state index in [1.54, 1.807) is 24.3 Å². The third kappa shape index (κ3) is 3.38. The molecular formula is C20H18N2O2. The van der Waals surface area contributed by atoms with Gasteiger partial charge in [-0.25, -0.2) is 0 Å². The first-order chi connectivity index (χ1) is 11.6. The molecule has 0 spiro atoms. The lowest BCUT2D eigenvalue weighted by atomic mass is 10.1. The van der Waals surface area contributed by atoms with Crippen LogP contribution in [-0.4, -0.2) is 5.91 Å². The van der Waals surface area contributed by atoms with Gasteiger partial charge in [-0.2, -0.15) is 0 Å². The number of ether oxygens (including phenoxy) is 1. The number of nitrogen functional groups attached to an aromatic ring is 1. The third-order valence-corrected chi connectivity index (χ3v) is 3.73. The Hall–Kier alpha value is -3.27. The Balaban J connectivity index is 1.85. The molecule has 120 valence electrons. The lowest BCUT2D eigenvalue weighted by Crippen LogP contribution is -2.14. The fourth-order valence-corrected chi connectivity index (χ4v) is 2.36. The van der Waals surface area contributed by atoms with E-state index in [2.05, 4.69) is 5.32 Å². The van der Waals surface area contributed by atoms with Gasteiger partial charge >= 0.3 is 0 Å². The fourth-order valence-electron chi connectivity index (χ4n) is 2.36. The lowest BCUT2D eigenvalue weighted by Gasteiger charge is -2.13. The number of anilines is 2. The number of rotatable bonds is 4. The lowest BCUT2D eigenvalue weighted by molar-refractivity contribution is 0.102. The Morgan fingerprint density at radius 2 is 1.62 bits per heavy atom. The maximum Gasteiger partial charge on any atom is 0.256 e. The molecule has 4 nitrogen and oxygen atoms in total. The number of benzene rings is 3. The van der Waals surface area contributed by atoms with Crippen LogP contribution < -0.4 is 15.8 Å². The molecule has 0 atom stereocenters. The van der Waals surface area contributed by atoms with Crippen molar-refractivity contribution in [3.8, 4) is 11.5 Å². The SMILES string of the molecule is Cc1c(N)cccc1C(=O)Nc1ccccc1Oc1ccccc1. The van der Waals surface area contributed by atoms with Crippen molar-refractivity contribution < 1.29 is 9.53 Å². The summed E-state index contributed by atoms with van der Waals surface area (Å²) in [6, 6.07) is 22.1. The number of carbonyl (C=O) groups is 1. The number of amides is 1. The molecule has 0 fully saturated rings. The summed E-state index contributed by atoms with van der Waals surface area (Å²) < 4.78 is 5.86. The summed E-state index contributed by atoms with van der Waals surface area (Å²) in [5.41, 5.74) is 8.38. The quantitative estimate of drug-likeness (QED) is 0.690. The molecule has 24 heavy (non-hydrogen) atoms. The Kier molecular flexibility index (Phi) is 4.47. The number of nitrogens with two attached hydrogens (primary N) is 1. The number of carbonyl (C=O) groups excluding carboxylic acids is 1. The summed E-state index contributed by atoms with van der Waals surface area (Å²) in [6.45, 7) is 1.83. The second kappa shape index (κ2) is 6.87. The maximum atomic E-state index is 12.6. The van der Waals surface area contributed by atoms with Crippen molar-refractivity contribution in [3.63, 3.8) is 0 Å². The molecule has 3 aromatic rings. The Labute approximate surface area is 140 Å². The van der Waals surface area contributed by atoms with E-state index in [1.165, 1.54) is 0 Å². The molecular weight excluding hydrogens is 300 g/mol. The van der Waals surface area contributed by atoms with Gasteiger partial charge in [0.2, 0.25) is 0 Å². The van der Waals surface area contributed by atoms with Gasteiger partial charge in [0.15, 0.2) is 5.75 Å². The van der Waals surface area contributed by atoms with E-state index in [-0.39, 0.29) is 5.91 Å². The maximum absolute atomic E-state index is 12.6. The van der Waals surface area contributed by atoms with Gasteiger partial charge in [0.05, 0.1) is 5.69 Å². The van der Waals surface area contributed by atoms with Crippen molar-refractivity contribution in [3.05, 3.63) is 83.9 Å². The van der Waals surface area contributed by atoms with E-state index in [1.807, 2.05) is 55.5 Å². The summed E-state index contributed by atoms with van der Waals surface area (Å²) >= 11 is 0. The molecule has 0 radical (unpaired) electrons. The van der Waals surface area contributed by atoms with Gasteiger partial charge < -0.3 is 15.8 Å². The van der Waals surface area contributed by atoms with E-state index in [0.717, 1.165) is 5.56 Å². The minimum atomic E-state index is -0.219. The van der Waals surface area contributed by atoms with Gasteiger partial charge in [-0.3, -0.25) is 4.79 Å². The molecule has 3 aromatic carbocycles. The predicted octanol–water partition coefficient (Wildman–Crippen LogP) is 4.62. The molecule has 0 heterocycles. The van der Waals surface area contributed by atoms with Crippen LogP contribution in [0.4, 0.5) is 11.4 Å². The molecule has 4 heteroatoms. The average Bonchev–Trinajstić information content (AvgIpc) is 2.60. The molecule has 0 bridgehead atoms. The van der Waals surface area contributed by atoms with Crippen LogP contribution in [0.25, 0.3) is 0 Å². The van der Waals surface area contributed by atoms with Crippen LogP contribution in [0.15, 0.2) is 72.8 Å². The summed E-state index contributed by atoms with van der Waals surface area (Å²) in [6.07, 6.45) is 0. The van der Waals surface area contributed by atoms with E-state index >= 15 is 0 Å². The smallest absolute Gasteiger partial charge is 0.256 e. The second-order valence-corrected chi connectivity index (χ2v) is 5.39. The van der Waals surface area contributed by atoms with Crippen LogP contribution in [0.3, 0.4) is 0 Å². The highest BCUT2D eigenvalue weighted by molar-refractivity contribution is 6.06. The summed E-state index contributed by atoms with van der Waals surface area (Å²) in [7, 11) is 0. The Morgan fingerprint density at radius 1 is 0.917 bits per heavy atom. The van der Waals surface area contributed by atoms with Crippen molar-refractivity contribution in [2.45, 2.75) is 6.92 Å². The van der Waals surface area contributed by atoms with E-state index in [9.17, 15) is 4.79 Å². The second-order valence-electron chi connectivity index (χ2n) is 5.39. The zero-order valence-electron chi connectivity index (χ0n) is 13.3. The number of hydrogen-bond acceptors (Lipinski definition) is 3. The molecule has 3 N–H and O–H groups in total. The first-order valence-electron chi connectivity index (χ1n) is 7.63. The first kappa shape index (κ1) is 15.6. The van der Waals surface area contributed by atoms with Crippen molar-refractivity contribution >= 4 is 17.3 Å². The zero-order chi connectivity index (χ0) is 16.9. The normalized spacial score (nSPS) is 10.2. The molecule has 0 saturated heterocycles. The van der Waals surface area contributed by atoms with Crippen molar-refractivity contribution in [1.29, 1.82) is 0 Å². The molecule has 1 amide bonds. The Morgan fingerprint density at radius 3 is 2.42 bits per heavy atom. The molecule has 3 rings (SSSR count). The largest absolute Gasteiger partial charge is 0.455 e. The van der Waals surface area contributed by atoms with E-state index < -0.39 is 0 Å². The minimum Gasteiger partial charge on any atom is -0.455 e. The topological polar surface area (TPSA) is 64.4 Å². The van der Waals surface area contributed by atoms with E-state index in [4.69, 9.17) is 10.5 Å². The number of para-hydroxylation sites is 3. The fraction of sp³-hybridized carbons (Fsp3) is 0.0500. The molecule has 0 aliphatic heterocycles. The summed E-state index contributed by atoms with van der Waals surface area (Å²) in [5.74, 6) is 1.07. The first-order valence-corrected chi connectivity index (χ1v) is 7.63. The van der Waals surface area contributed by atoms with Crippen LogP contribution in [0.5, 0.6) is 11.5 Å². The molecule has 0 saturated carbocycles. The number of nitrogens with one attached hydrogen (secondary N) is 1. The van der Waals surface area contributed by atoms with Gasteiger partial charge in [0.1, 0.15) is 5.75 Å². The third-order valence-electron chi connectivity index (χ3n) is 3.73. The van der Waals surface area contributed by atoms with Crippen molar-refractivity contribution in [2.24, 2.45) is 0 Å². The highest BCUT2D eigenvalue weighted by Gasteiger charge is 2.13. The van der Waals surface area contributed by atoms with E-state index in [0.29, 0.717) is 28.4 Å². The standard InChI is InChI=1S/C20H18N2O2/c1-14-16(10-7-11-17(14)21)20(23)22-18-12-5-6-13-19(18)24-15-8-3-2-4-9-15/h2-13H,21H2,1H3,(H,22,23). The summed E-state index contributed by atoms with van der Waals surface area (Å²) in [4.78, 5) is 12.6. The van der Waals surface area contributed by atoms with Gasteiger partial charge in [-0.1, -0.05) is 36.4 Å². The highest BCUT2D eigenvalue weighted by atomic mass is 16.5. The van der Waals surface area contributed by atoms with Gasteiger partial charge in [-0.05, 0) is 48.9 Å². The van der Waals surface area contributed by atoms with Crippen LogP contribution >= 0.6 is 0 Å². The van der Waals surface area contributed by atoms with Crippen molar-refractivity contribution in [2.75, 3.05) is 11.1 Å². The van der Waals surface area contributed by atoms with Crippen LogP contribution in [0.2, 0.25) is 0 Å². The molecule has 0 aromatic heterocycles. The highest BCUT2D eigenvalue weighted by Crippen LogP contribution is 2.29. The zero-order valence-corrected chi connectivity index (χ0v) is 13.3. The molecule has 0 aliphatic carbocycles. The average molecular weight is 318 g/mol. The molecule has 0 aliphatic rings.